The number of benzene rings is 1. The normalized spacial score (nSPS) is 21.6. The third-order valence-electron chi connectivity index (χ3n) is 4.76. The molecule has 1 aliphatic rings. The molecule has 0 amide bonds. The van der Waals surface area contributed by atoms with Crippen molar-refractivity contribution in [2.75, 3.05) is 0 Å². The first-order valence-electron chi connectivity index (χ1n) is 8.43. The number of carbonyl (C=O) groups is 1. The molecule has 1 aromatic rings. The van der Waals surface area contributed by atoms with Crippen LogP contribution in [0.1, 0.15) is 56.1 Å². The minimum absolute atomic E-state index is 0.625. The van der Waals surface area contributed by atoms with Crippen LogP contribution in [0.3, 0.4) is 0 Å². The Bertz CT molecular complexity index is 516. The SMILES string of the molecule is N#Cc1ccc(CCCCC2CCC(C=CC=O)CC2)cc1. The van der Waals surface area contributed by atoms with E-state index in [0.29, 0.717) is 5.92 Å². The van der Waals surface area contributed by atoms with Crippen LogP contribution in [-0.2, 0) is 11.2 Å². The molecule has 1 fully saturated rings. The number of nitriles is 1. The first-order valence-corrected chi connectivity index (χ1v) is 8.43. The fourth-order valence-electron chi connectivity index (χ4n) is 3.38. The zero-order chi connectivity index (χ0) is 15.6. The summed E-state index contributed by atoms with van der Waals surface area (Å²) in [7, 11) is 0. The summed E-state index contributed by atoms with van der Waals surface area (Å²) in [5, 5.41) is 8.78. The Labute approximate surface area is 133 Å². The lowest BCUT2D eigenvalue weighted by atomic mass is 9.79. The van der Waals surface area contributed by atoms with Gasteiger partial charge in [-0.25, -0.2) is 0 Å². The molecule has 0 heterocycles. The fourth-order valence-corrected chi connectivity index (χ4v) is 3.38. The fraction of sp³-hybridized carbons (Fsp3) is 0.500. The van der Waals surface area contributed by atoms with Crippen molar-refractivity contribution >= 4 is 6.29 Å². The Morgan fingerprint density at radius 3 is 2.45 bits per heavy atom. The Hall–Kier alpha value is -1.88. The van der Waals surface area contributed by atoms with Gasteiger partial charge in [0.05, 0.1) is 11.6 Å². The average molecular weight is 295 g/mol. The van der Waals surface area contributed by atoms with E-state index in [4.69, 9.17) is 5.26 Å². The molecule has 0 spiro atoms. The highest BCUT2D eigenvalue weighted by Gasteiger charge is 2.18. The average Bonchev–Trinajstić information content (AvgIpc) is 2.58. The molecule has 0 atom stereocenters. The monoisotopic (exact) mass is 295 g/mol. The van der Waals surface area contributed by atoms with Crippen molar-refractivity contribution in [2.45, 2.75) is 51.4 Å². The summed E-state index contributed by atoms with van der Waals surface area (Å²) in [6.45, 7) is 0. The minimum Gasteiger partial charge on any atom is -0.299 e. The highest BCUT2D eigenvalue weighted by molar-refractivity contribution is 5.64. The second-order valence-electron chi connectivity index (χ2n) is 6.36. The zero-order valence-electron chi connectivity index (χ0n) is 13.2. The van der Waals surface area contributed by atoms with Crippen molar-refractivity contribution in [3.63, 3.8) is 0 Å². The van der Waals surface area contributed by atoms with Gasteiger partial charge in [-0.05, 0) is 74.1 Å². The molecule has 0 bridgehead atoms. The minimum atomic E-state index is 0.625. The predicted molar refractivity (Wildman–Crippen MR) is 89.4 cm³/mol. The molecule has 0 radical (unpaired) electrons. The van der Waals surface area contributed by atoms with Crippen LogP contribution in [-0.4, -0.2) is 6.29 Å². The highest BCUT2D eigenvalue weighted by Crippen LogP contribution is 2.32. The van der Waals surface area contributed by atoms with Gasteiger partial charge in [0, 0.05) is 0 Å². The van der Waals surface area contributed by atoms with Gasteiger partial charge in [-0.3, -0.25) is 4.79 Å². The van der Waals surface area contributed by atoms with Gasteiger partial charge in [-0.15, -0.1) is 0 Å². The van der Waals surface area contributed by atoms with Crippen LogP contribution in [0.2, 0.25) is 0 Å². The van der Waals surface area contributed by atoms with Crippen molar-refractivity contribution in [1.29, 1.82) is 5.26 Å². The number of aldehydes is 1. The zero-order valence-corrected chi connectivity index (χ0v) is 13.2. The Kier molecular flexibility index (Phi) is 6.90. The lowest BCUT2D eigenvalue weighted by Gasteiger charge is -2.26. The van der Waals surface area contributed by atoms with Crippen molar-refractivity contribution in [2.24, 2.45) is 11.8 Å². The Morgan fingerprint density at radius 2 is 1.82 bits per heavy atom. The number of carbonyl (C=O) groups excluding carboxylic acids is 1. The molecule has 0 N–H and O–H groups in total. The molecule has 2 heteroatoms. The Balaban J connectivity index is 1.60. The molecule has 0 aliphatic heterocycles. The van der Waals surface area contributed by atoms with Crippen molar-refractivity contribution in [3.05, 3.63) is 47.5 Å². The van der Waals surface area contributed by atoms with Gasteiger partial charge in [0.2, 0.25) is 0 Å². The van der Waals surface area contributed by atoms with Gasteiger partial charge in [0.15, 0.2) is 0 Å². The van der Waals surface area contributed by atoms with Crippen LogP contribution in [0.15, 0.2) is 36.4 Å². The smallest absolute Gasteiger partial charge is 0.142 e. The van der Waals surface area contributed by atoms with E-state index in [1.165, 1.54) is 50.5 Å². The summed E-state index contributed by atoms with van der Waals surface area (Å²) in [5.74, 6) is 1.50. The van der Waals surface area contributed by atoms with Crippen LogP contribution in [0.5, 0.6) is 0 Å². The summed E-state index contributed by atoms with van der Waals surface area (Å²) >= 11 is 0. The molecular formula is C20H25NO. The first-order chi connectivity index (χ1) is 10.8. The molecule has 0 aromatic heterocycles. The van der Waals surface area contributed by atoms with E-state index in [9.17, 15) is 4.79 Å². The molecule has 1 aliphatic carbocycles. The van der Waals surface area contributed by atoms with Crippen LogP contribution in [0, 0.1) is 23.2 Å². The summed E-state index contributed by atoms with van der Waals surface area (Å²) in [6.07, 6.45) is 14.7. The van der Waals surface area contributed by atoms with Gasteiger partial charge in [0.25, 0.3) is 0 Å². The quantitative estimate of drug-likeness (QED) is 0.410. The van der Waals surface area contributed by atoms with Crippen LogP contribution in [0.25, 0.3) is 0 Å². The van der Waals surface area contributed by atoms with Gasteiger partial charge >= 0.3 is 0 Å². The van der Waals surface area contributed by atoms with E-state index in [1.54, 1.807) is 6.08 Å². The maximum atomic E-state index is 10.3. The van der Waals surface area contributed by atoms with E-state index in [1.807, 2.05) is 12.1 Å². The maximum Gasteiger partial charge on any atom is 0.142 e. The van der Waals surface area contributed by atoms with E-state index in [2.05, 4.69) is 24.3 Å². The highest BCUT2D eigenvalue weighted by atomic mass is 16.1. The third kappa shape index (κ3) is 5.48. The Morgan fingerprint density at radius 1 is 1.09 bits per heavy atom. The molecule has 1 aromatic carbocycles. The van der Waals surface area contributed by atoms with Crippen LogP contribution in [0.4, 0.5) is 0 Å². The summed E-state index contributed by atoms with van der Waals surface area (Å²) in [6, 6.07) is 10.1. The van der Waals surface area contributed by atoms with Crippen LogP contribution < -0.4 is 0 Å². The van der Waals surface area contributed by atoms with E-state index < -0.39 is 0 Å². The predicted octanol–water partition coefficient (Wildman–Crippen LogP) is 4.83. The molecule has 1 saturated carbocycles. The van der Waals surface area contributed by atoms with Gasteiger partial charge < -0.3 is 0 Å². The molecular weight excluding hydrogens is 270 g/mol. The number of hydrogen-bond donors (Lipinski definition) is 0. The third-order valence-corrected chi connectivity index (χ3v) is 4.76. The van der Waals surface area contributed by atoms with E-state index >= 15 is 0 Å². The molecule has 0 saturated heterocycles. The maximum absolute atomic E-state index is 10.3. The first kappa shape index (κ1) is 16.5. The van der Waals surface area contributed by atoms with Crippen molar-refractivity contribution < 1.29 is 4.79 Å². The second-order valence-corrected chi connectivity index (χ2v) is 6.36. The number of hydrogen-bond acceptors (Lipinski definition) is 2. The number of aryl methyl sites for hydroxylation is 1. The lowest BCUT2D eigenvalue weighted by Crippen LogP contribution is -2.13. The van der Waals surface area contributed by atoms with Gasteiger partial charge in [-0.1, -0.05) is 31.1 Å². The van der Waals surface area contributed by atoms with E-state index in [-0.39, 0.29) is 0 Å². The number of rotatable bonds is 7. The molecule has 2 rings (SSSR count). The summed E-state index contributed by atoms with van der Waals surface area (Å²) in [4.78, 5) is 10.3. The van der Waals surface area contributed by atoms with Gasteiger partial charge in [-0.2, -0.15) is 5.26 Å². The van der Waals surface area contributed by atoms with E-state index in [0.717, 1.165) is 24.2 Å². The number of unbranched alkanes of at least 4 members (excludes halogenated alkanes) is 1. The van der Waals surface area contributed by atoms with Gasteiger partial charge in [0.1, 0.15) is 6.29 Å². The summed E-state index contributed by atoms with van der Waals surface area (Å²) < 4.78 is 0. The number of allylic oxidation sites excluding steroid dienone is 2. The molecule has 22 heavy (non-hydrogen) atoms. The van der Waals surface area contributed by atoms with Crippen molar-refractivity contribution in [1.82, 2.24) is 0 Å². The topological polar surface area (TPSA) is 40.9 Å². The standard InChI is InChI=1S/C20H25NO/c21-16-20-13-11-18(12-14-20)5-2-1-4-17-7-9-19(10-8-17)6-3-15-22/h3,6,11-15,17,19H,1-2,4-5,7-10H2. The van der Waals surface area contributed by atoms with Crippen molar-refractivity contribution in [3.8, 4) is 6.07 Å². The largest absolute Gasteiger partial charge is 0.299 e. The summed E-state index contributed by atoms with van der Waals surface area (Å²) in [5.41, 5.74) is 2.07. The number of nitrogens with zero attached hydrogens (tertiary/aromatic N) is 1. The second kappa shape index (κ2) is 9.20. The molecule has 0 unspecified atom stereocenters. The molecule has 2 nitrogen and oxygen atoms in total. The lowest BCUT2D eigenvalue weighted by molar-refractivity contribution is -0.104. The molecule has 116 valence electrons. The van der Waals surface area contributed by atoms with Crippen LogP contribution >= 0.6 is 0 Å².